The monoisotopic (exact) mass is 394 g/mol. The SMILES string of the molecule is CC(=O)Nc1ccc(NC(=O)C2CCCN(c3nc4ccccc4s3)C2)cc1. The van der Waals surface area contributed by atoms with Crippen molar-refractivity contribution in [3.05, 3.63) is 48.5 Å². The zero-order valence-corrected chi connectivity index (χ0v) is 16.5. The topological polar surface area (TPSA) is 74.3 Å². The maximum atomic E-state index is 12.8. The Hall–Kier alpha value is -2.93. The van der Waals surface area contributed by atoms with Gasteiger partial charge in [-0.15, -0.1) is 0 Å². The van der Waals surface area contributed by atoms with Gasteiger partial charge < -0.3 is 15.5 Å². The predicted molar refractivity (Wildman–Crippen MR) is 114 cm³/mol. The lowest BCUT2D eigenvalue weighted by Crippen LogP contribution is -2.40. The van der Waals surface area contributed by atoms with E-state index in [0.717, 1.165) is 35.7 Å². The number of carbonyl (C=O) groups is 2. The van der Waals surface area contributed by atoms with E-state index in [2.05, 4.69) is 21.6 Å². The van der Waals surface area contributed by atoms with Crippen LogP contribution in [0.1, 0.15) is 19.8 Å². The lowest BCUT2D eigenvalue weighted by Gasteiger charge is -2.31. The third-order valence-corrected chi connectivity index (χ3v) is 5.92. The van der Waals surface area contributed by atoms with Crippen molar-refractivity contribution >= 4 is 49.9 Å². The maximum absolute atomic E-state index is 12.8. The van der Waals surface area contributed by atoms with Gasteiger partial charge in [0.15, 0.2) is 5.13 Å². The summed E-state index contributed by atoms with van der Waals surface area (Å²) in [7, 11) is 0. The Morgan fingerprint density at radius 2 is 1.79 bits per heavy atom. The van der Waals surface area contributed by atoms with Crippen LogP contribution in [0, 0.1) is 5.92 Å². The summed E-state index contributed by atoms with van der Waals surface area (Å²) in [6.07, 6.45) is 1.84. The number of nitrogens with one attached hydrogen (secondary N) is 2. The Bertz CT molecular complexity index is 966. The molecule has 0 spiro atoms. The van der Waals surface area contributed by atoms with Crippen molar-refractivity contribution < 1.29 is 9.59 Å². The second-order valence-corrected chi connectivity index (χ2v) is 8.01. The fourth-order valence-corrected chi connectivity index (χ4v) is 4.45. The van der Waals surface area contributed by atoms with Crippen LogP contribution in [0.3, 0.4) is 0 Å². The summed E-state index contributed by atoms with van der Waals surface area (Å²) in [5.41, 5.74) is 2.45. The van der Waals surface area contributed by atoms with Crippen LogP contribution in [-0.4, -0.2) is 29.9 Å². The number of benzene rings is 2. The first kappa shape index (κ1) is 18.4. The number of amides is 2. The molecule has 1 aliphatic heterocycles. The molecule has 4 rings (SSSR count). The van der Waals surface area contributed by atoms with E-state index in [0.29, 0.717) is 12.2 Å². The highest BCUT2D eigenvalue weighted by molar-refractivity contribution is 7.22. The number of nitrogens with zero attached hydrogens (tertiary/aromatic N) is 2. The Morgan fingerprint density at radius 1 is 1.07 bits per heavy atom. The number of para-hydroxylation sites is 1. The lowest BCUT2D eigenvalue weighted by atomic mass is 9.97. The first-order chi connectivity index (χ1) is 13.6. The van der Waals surface area contributed by atoms with Crippen molar-refractivity contribution in [3.63, 3.8) is 0 Å². The van der Waals surface area contributed by atoms with Crippen LogP contribution >= 0.6 is 11.3 Å². The van der Waals surface area contributed by atoms with Gasteiger partial charge in [-0.1, -0.05) is 23.5 Å². The van der Waals surface area contributed by atoms with Crippen molar-refractivity contribution in [1.82, 2.24) is 4.98 Å². The molecule has 0 bridgehead atoms. The predicted octanol–water partition coefficient (Wildman–Crippen LogP) is 4.11. The Kier molecular flexibility index (Phi) is 5.25. The van der Waals surface area contributed by atoms with Crippen molar-refractivity contribution in [2.24, 2.45) is 5.92 Å². The summed E-state index contributed by atoms with van der Waals surface area (Å²) in [6.45, 7) is 3.07. The molecular weight excluding hydrogens is 372 g/mol. The molecule has 1 saturated heterocycles. The first-order valence-electron chi connectivity index (χ1n) is 9.37. The number of aromatic nitrogens is 1. The van der Waals surface area contributed by atoms with Crippen LogP contribution in [0.4, 0.5) is 16.5 Å². The number of piperidine rings is 1. The van der Waals surface area contributed by atoms with Gasteiger partial charge in [0.1, 0.15) is 0 Å². The Labute approximate surface area is 167 Å². The Morgan fingerprint density at radius 3 is 2.50 bits per heavy atom. The second-order valence-electron chi connectivity index (χ2n) is 7.00. The summed E-state index contributed by atoms with van der Waals surface area (Å²) in [5.74, 6) is -0.164. The highest BCUT2D eigenvalue weighted by atomic mass is 32.1. The van der Waals surface area contributed by atoms with E-state index in [1.165, 1.54) is 11.6 Å². The molecule has 2 amide bonds. The number of anilines is 3. The van der Waals surface area contributed by atoms with E-state index < -0.39 is 0 Å². The molecule has 2 N–H and O–H groups in total. The minimum atomic E-state index is -0.117. The van der Waals surface area contributed by atoms with Crippen LogP contribution in [0.5, 0.6) is 0 Å². The molecular formula is C21H22N4O2S. The Balaban J connectivity index is 1.41. The summed E-state index contributed by atoms with van der Waals surface area (Å²) in [5, 5.41) is 6.70. The van der Waals surface area contributed by atoms with E-state index in [9.17, 15) is 9.59 Å². The zero-order valence-electron chi connectivity index (χ0n) is 15.6. The molecule has 3 aromatic rings. The summed E-state index contributed by atoms with van der Waals surface area (Å²) in [6, 6.07) is 15.3. The van der Waals surface area contributed by atoms with Crippen LogP contribution in [0.25, 0.3) is 10.2 Å². The van der Waals surface area contributed by atoms with Crippen LogP contribution < -0.4 is 15.5 Å². The van der Waals surface area contributed by atoms with Crippen LogP contribution in [0.2, 0.25) is 0 Å². The summed E-state index contributed by atoms with van der Waals surface area (Å²) in [4.78, 5) is 30.8. The third-order valence-electron chi connectivity index (χ3n) is 4.82. The normalized spacial score (nSPS) is 16.8. The minimum absolute atomic E-state index is 0.0260. The number of carbonyl (C=O) groups excluding carboxylic acids is 2. The summed E-state index contributed by atoms with van der Waals surface area (Å²) >= 11 is 1.68. The van der Waals surface area contributed by atoms with E-state index in [1.54, 1.807) is 35.6 Å². The van der Waals surface area contributed by atoms with Crippen molar-refractivity contribution in [2.75, 3.05) is 28.6 Å². The van der Waals surface area contributed by atoms with Gasteiger partial charge in [-0.2, -0.15) is 0 Å². The molecule has 7 heteroatoms. The molecule has 0 radical (unpaired) electrons. The second kappa shape index (κ2) is 7.98. The third kappa shape index (κ3) is 4.14. The standard InChI is InChI=1S/C21H22N4O2S/c1-14(26)22-16-8-10-17(11-9-16)23-20(27)15-5-4-12-25(13-15)21-24-18-6-2-3-7-19(18)28-21/h2-3,6-11,15H,4-5,12-13H2,1H3,(H,22,26)(H,23,27). The highest BCUT2D eigenvalue weighted by Gasteiger charge is 2.27. The van der Waals surface area contributed by atoms with Crippen LogP contribution in [-0.2, 0) is 9.59 Å². The molecule has 2 aromatic carbocycles. The zero-order chi connectivity index (χ0) is 19.5. The summed E-state index contributed by atoms with van der Waals surface area (Å²) < 4.78 is 1.17. The van der Waals surface area contributed by atoms with Crippen molar-refractivity contribution in [1.29, 1.82) is 0 Å². The van der Waals surface area contributed by atoms with E-state index >= 15 is 0 Å². The van der Waals surface area contributed by atoms with Crippen molar-refractivity contribution in [3.8, 4) is 0 Å². The first-order valence-corrected chi connectivity index (χ1v) is 10.2. The number of hydrogen-bond acceptors (Lipinski definition) is 5. The van der Waals surface area contributed by atoms with Crippen molar-refractivity contribution in [2.45, 2.75) is 19.8 Å². The van der Waals surface area contributed by atoms with Gasteiger partial charge in [-0.25, -0.2) is 4.98 Å². The van der Waals surface area contributed by atoms with Gasteiger partial charge in [0.25, 0.3) is 0 Å². The molecule has 0 saturated carbocycles. The molecule has 1 atom stereocenters. The quantitative estimate of drug-likeness (QED) is 0.698. The smallest absolute Gasteiger partial charge is 0.229 e. The fourth-order valence-electron chi connectivity index (χ4n) is 3.44. The highest BCUT2D eigenvalue weighted by Crippen LogP contribution is 2.31. The van der Waals surface area contributed by atoms with Crippen LogP contribution in [0.15, 0.2) is 48.5 Å². The molecule has 28 heavy (non-hydrogen) atoms. The minimum Gasteiger partial charge on any atom is -0.347 e. The van der Waals surface area contributed by atoms with Gasteiger partial charge in [-0.3, -0.25) is 9.59 Å². The molecule has 0 aliphatic carbocycles. The molecule has 6 nitrogen and oxygen atoms in total. The molecule has 1 unspecified atom stereocenters. The molecule has 144 valence electrons. The van der Waals surface area contributed by atoms with E-state index in [-0.39, 0.29) is 17.7 Å². The lowest BCUT2D eigenvalue weighted by molar-refractivity contribution is -0.120. The number of rotatable bonds is 4. The molecule has 2 heterocycles. The van der Waals surface area contributed by atoms with E-state index in [1.807, 2.05) is 18.2 Å². The molecule has 1 aliphatic rings. The largest absolute Gasteiger partial charge is 0.347 e. The van der Waals surface area contributed by atoms with Gasteiger partial charge in [0.2, 0.25) is 11.8 Å². The van der Waals surface area contributed by atoms with Gasteiger partial charge in [0.05, 0.1) is 16.1 Å². The maximum Gasteiger partial charge on any atom is 0.229 e. The fraction of sp³-hybridized carbons (Fsp3) is 0.286. The van der Waals surface area contributed by atoms with Gasteiger partial charge in [0, 0.05) is 31.4 Å². The average Bonchev–Trinajstić information content (AvgIpc) is 3.13. The molecule has 1 aromatic heterocycles. The number of fused-ring (bicyclic) bond motifs is 1. The molecule has 1 fully saturated rings. The number of hydrogen-bond donors (Lipinski definition) is 2. The van der Waals surface area contributed by atoms with Gasteiger partial charge in [-0.05, 0) is 49.2 Å². The number of thiazole rings is 1. The van der Waals surface area contributed by atoms with E-state index in [4.69, 9.17) is 4.98 Å². The average molecular weight is 395 g/mol. The van der Waals surface area contributed by atoms with Gasteiger partial charge >= 0.3 is 0 Å².